The van der Waals surface area contributed by atoms with Crippen LogP contribution in [0, 0.1) is 0 Å². The van der Waals surface area contributed by atoms with Gasteiger partial charge in [0.05, 0.1) is 6.54 Å². The van der Waals surface area contributed by atoms with Gasteiger partial charge in [0.25, 0.3) is 0 Å². The Bertz CT molecular complexity index is 432. The number of carbonyl (C=O) groups excluding carboxylic acids is 1. The Morgan fingerprint density at radius 1 is 1.47 bits per heavy atom. The van der Waals surface area contributed by atoms with Gasteiger partial charge in [-0.05, 0) is 0 Å². The summed E-state index contributed by atoms with van der Waals surface area (Å²) < 4.78 is 36.6. The molecular formula is C9H11F3N4O3. The van der Waals surface area contributed by atoms with Gasteiger partial charge >= 0.3 is 18.2 Å². The number of imidazole rings is 1. The minimum absolute atomic E-state index is 0.125. The number of halogens is 3. The average Bonchev–Trinajstić information content (AvgIpc) is 2.75. The van der Waals surface area contributed by atoms with Crippen molar-refractivity contribution < 1.29 is 27.9 Å². The predicted molar refractivity (Wildman–Crippen MR) is 56.1 cm³/mol. The van der Waals surface area contributed by atoms with E-state index in [1.807, 2.05) is 0 Å². The first-order valence-electron chi connectivity index (χ1n) is 5.07. The summed E-state index contributed by atoms with van der Waals surface area (Å²) in [5.74, 6) is -1.19. The third kappa shape index (κ3) is 5.75. The van der Waals surface area contributed by atoms with Gasteiger partial charge in [0.15, 0.2) is 0 Å². The third-order valence-electron chi connectivity index (χ3n) is 1.95. The molecule has 0 aliphatic rings. The van der Waals surface area contributed by atoms with Crippen molar-refractivity contribution in [2.75, 3.05) is 13.1 Å². The molecule has 0 bridgehead atoms. The van der Waals surface area contributed by atoms with Gasteiger partial charge in [0.1, 0.15) is 18.9 Å². The van der Waals surface area contributed by atoms with Gasteiger partial charge in [0.2, 0.25) is 0 Å². The summed E-state index contributed by atoms with van der Waals surface area (Å²) in [6.07, 6.45) is -1.78. The molecule has 0 aliphatic heterocycles. The number of alkyl halides is 3. The van der Waals surface area contributed by atoms with E-state index in [1.165, 1.54) is 12.4 Å². The van der Waals surface area contributed by atoms with E-state index in [0.29, 0.717) is 5.82 Å². The van der Waals surface area contributed by atoms with Crippen molar-refractivity contribution in [1.29, 1.82) is 0 Å². The standard InChI is InChI=1S/C9H11F3N4O3/c10-9(11,12)5-16(4-7(17)18)8(19)15-3-6-13-1-2-14-6/h1-2H,3-5H2,(H,13,14)(H,15,19)(H,17,18). The number of hydrogen-bond donors (Lipinski definition) is 3. The maximum Gasteiger partial charge on any atom is 0.406 e. The second-order valence-electron chi connectivity index (χ2n) is 3.56. The number of nitrogens with zero attached hydrogens (tertiary/aromatic N) is 2. The molecule has 7 nitrogen and oxygen atoms in total. The lowest BCUT2D eigenvalue weighted by Crippen LogP contribution is -2.46. The van der Waals surface area contributed by atoms with Gasteiger partial charge < -0.3 is 20.3 Å². The second kappa shape index (κ2) is 6.07. The van der Waals surface area contributed by atoms with Crippen molar-refractivity contribution in [3.8, 4) is 0 Å². The number of amides is 2. The van der Waals surface area contributed by atoms with Gasteiger partial charge in [0, 0.05) is 12.4 Å². The molecule has 0 aromatic carbocycles. The first kappa shape index (κ1) is 14.8. The van der Waals surface area contributed by atoms with E-state index in [1.54, 1.807) is 0 Å². The molecular weight excluding hydrogens is 269 g/mol. The lowest BCUT2D eigenvalue weighted by molar-refractivity contribution is -0.148. The number of urea groups is 1. The molecule has 0 unspecified atom stereocenters. The molecule has 3 N–H and O–H groups in total. The summed E-state index contributed by atoms with van der Waals surface area (Å²) in [5, 5.41) is 10.6. The lowest BCUT2D eigenvalue weighted by atomic mass is 10.4. The fraction of sp³-hybridized carbons (Fsp3) is 0.444. The van der Waals surface area contributed by atoms with E-state index in [9.17, 15) is 22.8 Å². The molecule has 1 aromatic heterocycles. The Morgan fingerprint density at radius 2 is 2.16 bits per heavy atom. The normalized spacial score (nSPS) is 11.1. The van der Waals surface area contributed by atoms with E-state index in [0.717, 1.165) is 0 Å². The number of aromatic nitrogens is 2. The summed E-state index contributed by atoms with van der Waals surface area (Å²) in [4.78, 5) is 28.4. The maximum absolute atomic E-state index is 12.2. The van der Waals surface area contributed by atoms with Crippen LogP contribution in [0.3, 0.4) is 0 Å². The van der Waals surface area contributed by atoms with Crippen LogP contribution in [0.15, 0.2) is 12.4 Å². The van der Waals surface area contributed by atoms with Crippen molar-refractivity contribution in [2.24, 2.45) is 0 Å². The molecule has 106 valence electrons. The molecule has 0 fully saturated rings. The quantitative estimate of drug-likeness (QED) is 0.734. The molecule has 0 saturated carbocycles. The summed E-state index contributed by atoms with van der Waals surface area (Å²) in [5.41, 5.74) is 0. The average molecular weight is 280 g/mol. The van der Waals surface area contributed by atoms with E-state index >= 15 is 0 Å². The highest BCUT2D eigenvalue weighted by atomic mass is 19.4. The zero-order valence-corrected chi connectivity index (χ0v) is 9.57. The topological polar surface area (TPSA) is 98.3 Å². The van der Waals surface area contributed by atoms with E-state index < -0.39 is 31.3 Å². The second-order valence-corrected chi connectivity index (χ2v) is 3.56. The molecule has 2 amide bonds. The highest BCUT2D eigenvalue weighted by molar-refractivity contribution is 5.80. The predicted octanol–water partition coefficient (Wildman–Crippen LogP) is 0.568. The minimum atomic E-state index is -4.67. The molecule has 0 saturated heterocycles. The van der Waals surface area contributed by atoms with Crippen LogP contribution >= 0.6 is 0 Å². The maximum atomic E-state index is 12.2. The van der Waals surface area contributed by atoms with E-state index in [2.05, 4.69) is 15.3 Å². The Kier molecular flexibility index (Phi) is 4.73. The monoisotopic (exact) mass is 280 g/mol. The first-order chi connectivity index (χ1) is 8.78. The summed E-state index contributed by atoms with van der Waals surface area (Å²) >= 11 is 0. The number of hydrogen-bond acceptors (Lipinski definition) is 3. The minimum Gasteiger partial charge on any atom is -0.480 e. The highest BCUT2D eigenvalue weighted by Crippen LogP contribution is 2.16. The third-order valence-corrected chi connectivity index (χ3v) is 1.95. The van der Waals surface area contributed by atoms with Gasteiger partial charge in [-0.2, -0.15) is 13.2 Å². The van der Waals surface area contributed by atoms with Gasteiger partial charge in [-0.15, -0.1) is 0 Å². The van der Waals surface area contributed by atoms with Crippen LogP contribution in [0.4, 0.5) is 18.0 Å². The van der Waals surface area contributed by atoms with Crippen LogP contribution in [0.2, 0.25) is 0 Å². The van der Waals surface area contributed by atoms with Crippen LogP contribution in [0.5, 0.6) is 0 Å². The van der Waals surface area contributed by atoms with Crippen molar-refractivity contribution >= 4 is 12.0 Å². The zero-order chi connectivity index (χ0) is 14.5. The van der Waals surface area contributed by atoms with Crippen molar-refractivity contribution in [2.45, 2.75) is 12.7 Å². The number of carboxylic acids is 1. The molecule has 0 atom stereocenters. The molecule has 0 radical (unpaired) electrons. The summed E-state index contributed by atoms with van der Waals surface area (Å²) in [6.45, 7) is -2.80. The van der Waals surface area contributed by atoms with E-state index in [4.69, 9.17) is 5.11 Å². The van der Waals surface area contributed by atoms with Crippen LogP contribution in [-0.2, 0) is 11.3 Å². The SMILES string of the molecule is O=C(O)CN(CC(F)(F)F)C(=O)NCc1ncc[nH]1. The van der Waals surface area contributed by atoms with Crippen LogP contribution in [-0.4, -0.2) is 51.2 Å². The fourth-order valence-corrected chi connectivity index (χ4v) is 1.24. The Balaban J connectivity index is 2.57. The molecule has 19 heavy (non-hydrogen) atoms. The molecule has 10 heteroatoms. The number of H-pyrrole nitrogens is 1. The van der Waals surface area contributed by atoms with Crippen LogP contribution in [0.1, 0.15) is 5.82 Å². The van der Waals surface area contributed by atoms with Crippen LogP contribution in [0.25, 0.3) is 0 Å². The molecule has 0 spiro atoms. The van der Waals surface area contributed by atoms with Crippen molar-refractivity contribution in [3.63, 3.8) is 0 Å². The molecule has 0 aliphatic carbocycles. The molecule has 1 heterocycles. The van der Waals surface area contributed by atoms with Gasteiger partial charge in [-0.25, -0.2) is 9.78 Å². The lowest BCUT2D eigenvalue weighted by Gasteiger charge is -2.22. The number of carboxylic acid groups (broad SMARTS) is 1. The smallest absolute Gasteiger partial charge is 0.406 e. The zero-order valence-electron chi connectivity index (χ0n) is 9.57. The van der Waals surface area contributed by atoms with E-state index in [-0.39, 0.29) is 11.4 Å². The largest absolute Gasteiger partial charge is 0.480 e. The first-order valence-corrected chi connectivity index (χ1v) is 5.07. The number of aliphatic carboxylic acids is 1. The van der Waals surface area contributed by atoms with Crippen LogP contribution < -0.4 is 5.32 Å². The van der Waals surface area contributed by atoms with Crippen molar-refractivity contribution in [1.82, 2.24) is 20.2 Å². The Morgan fingerprint density at radius 3 is 2.63 bits per heavy atom. The Labute approximate surface area is 105 Å². The summed E-state index contributed by atoms with van der Waals surface area (Å²) in [6, 6.07) is -1.13. The van der Waals surface area contributed by atoms with Gasteiger partial charge in [-0.1, -0.05) is 0 Å². The van der Waals surface area contributed by atoms with Gasteiger partial charge in [-0.3, -0.25) is 4.79 Å². The highest BCUT2D eigenvalue weighted by Gasteiger charge is 2.33. The number of carbonyl (C=O) groups is 2. The molecule has 1 rings (SSSR count). The van der Waals surface area contributed by atoms with Crippen molar-refractivity contribution in [3.05, 3.63) is 18.2 Å². The fourth-order valence-electron chi connectivity index (χ4n) is 1.24. The molecule has 1 aromatic rings. The number of nitrogens with one attached hydrogen (secondary N) is 2. The summed E-state index contributed by atoms with van der Waals surface area (Å²) in [7, 11) is 0. The number of rotatable bonds is 5. The number of aromatic amines is 1. The Hall–Kier alpha value is -2.26.